The molecule has 1 saturated heterocycles. The summed E-state index contributed by atoms with van der Waals surface area (Å²) >= 11 is 0. The topological polar surface area (TPSA) is 99.1 Å². The van der Waals surface area contributed by atoms with Crippen LogP contribution in [-0.2, 0) is 9.53 Å². The lowest BCUT2D eigenvalue weighted by Crippen LogP contribution is -2.45. The van der Waals surface area contributed by atoms with Crippen LogP contribution in [0.4, 0.5) is 10.5 Å². The van der Waals surface area contributed by atoms with Gasteiger partial charge in [0.05, 0.1) is 6.10 Å². The third kappa shape index (κ3) is 4.35. The van der Waals surface area contributed by atoms with Gasteiger partial charge in [0, 0.05) is 18.8 Å². The predicted octanol–water partition coefficient (Wildman–Crippen LogP) is 1.17. The molecule has 2 amide bonds. The highest BCUT2D eigenvalue weighted by Gasteiger charge is 2.21. The number of ether oxygens (including phenoxy) is 1. The number of carboxylic acid groups (broad SMARTS) is 1. The van der Waals surface area contributed by atoms with Crippen molar-refractivity contribution < 1.29 is 24.5 Å². The fraction of sp³-hybridized carbons (Fsp3) is 0.429. The van der Waals surface area contributed by atoms with Gasteiger partial charge >= 0.3 is 12.0 Å². The van der Waals surface area contributed by atoms with E-state index in [1.54, 1.807) is 0 Å². The van der Waals surface area contributed by atoms with E-state index in [2.05, 4.69) is 5.32 Å². The summed E-state index contributed by atoms with van der Waals surface area (Å²) in [4.78, 5) is 24.2. The number of rotatable bonds is 5. The van der Waals surface area contributed by atoms with Crippen LogP contribution in [0.3, 0.4) is 0 Å². The maximum atomic E-state index is 12.2. The summed E-state index contributed by atoms with van der Waals surface area (Å²) in [6.45, 7) is 0.590. The van der Waals surface area contributed by atoms with E-state index in [1.165, 1.54) is 24.3 Å². The van der Waals surface area contributed by atoms with Crippen LogP contribution in [0.25, 0.3) is 0 Å². The molecule has 2 rings (SSSR count). The van der Waals surface area contributed by atoms with E-state index in [1.807, 2.05) is 0 Å². The number of urea groups is 1. The van der Waals surface area contributed by atoms with Crippen LogP contribution in [-0.4, -0.2) is 48.0 Å². The van der Waals surface area contributed by atoms with Crippen molar-refractivity contribution in [3.63, 3.8) is 0 Å². The summed E-state index contributed by atoms with van der Waals surface area (Å²) in [5.74, 6) is -1.07. The van der Waals surface area contributed by atoms with Crippen LogP contribution in [0.15, 0.2) is 24.3 Å². The van der Waals surface area contributed by atoms with Crippen molar-refractivity contribution in [3.05, 3.63) is 24.3 Å². The Labute approximate surface area is 122 Å². The van der Waals surface area contributed by atoms with Gasteiger partial charge in [-0.15, -0.1) is 0 Å². The number of hydrogen-bond acceptors (Lipinski definition) is 4. The fourth-order valence-electron chi connectivity index (χ4n) is 2.15. The van der Waals surface area contributed by atoms with Crippen molar-refractivity contribution in [1.29, 1.82) is 0 Å². The molecule has 7 nitrogen and oxygen atoms in total. The smallest absolute Gasteiger partial charge is 0.323 e. The number of nitrogens with one attached hydrogen (secondary N) is 1. The van der Waals surface area contributed by atoms with Crippen molar-refractivity contribution in [2.45, 2.75) is 18.9 Å². The molecule has 1 atom stereocenters. The van der Waals surface area contributed by atoms with Crippen LogP contribution in [0.5, 0.6) is 5.75 Å². The fourth-order valence-corrected chi connectivity index (χ4v) is 2.15. The second-order valence-corrected chi connectivity index (χ2v) is 4.82. The highest BCUT2D eigenvalue weighted by atomic mass is 16.5. The second-order valence-electron chi connectivity index (χ2n) is 4.82. The number of benzene rings is 1. The predicted molar refractivity (Wildman–Crippen MR) is 75.5 cm³/mol. The molecule has 0 radical (unpaired) electrons. The van der Waals surface area contributed by atoms with E-state index in [-0.39, 0.29) is 11.9 Å². The minimum atomic E-state index is -1.12. The lowest BCUT2D eigenvalue weighted by atomic mass is 10.2. The summed E-state index contributed by atoms with van der Waals surface area (Å²) < 4.78 is 5.40. The zero-order valence-corrected chi connectivity index (χ0v) is 11.5. The van der Waals surface area contributed by atoms with E-state index in [0.29, 0.717) is 18.8 Å². The van der Waals surface area contributed by atoms with Gasteiger partial charge in [-0.2, -0.15) is 0 Å². The third-order valence-corrected chi connectivity index (χ3v) is 3.20. The van der Waals surface area contributed by atoms with Gasteiger partial charge in [0.25, 0.3) is 0 Å². The standard InChI is InChI=1S/C14H18N2O5/c17-11-5-3-10(4-6-11)16(9-13(18)19)14(20)15-8-12-2-1-7-21-12/h3-6,12,17H,1-2,7-9H2,(H,15,20)(H,18,19). The van der Waals surface area contributed by atoms with E-state index >= 15 is 0 Å². The maximum Gasteiger partial charge on any atom is 0.323 e. The molecule has 21 heavy (non-hydrogen) atoms. The van der Waals surface area contributed by atoms with Gasteiger partial charge < -0.3 is 20.3 Å². The van der Waals surface area contributed by atoms with E-state index in [0.717, 1.165) is 17.7 Å². The molecule has 1 unspecified atom stereocenters. The molecule has 1 aromatic carbocycles. The zero-order valence-electron chi connectivity index (χ0n) is 11.5. The summed E-state index contributed by atoms with van der Waals surface area (Å²) in [6.07, 6.45) is 1.84. The molecule has 1 heterocycles. The van der Waals surface area contributed by atoms with Gasteiger partial charge in [-0.1, -0.05) is 0 Å². The number of hydrogen-bond donors (Lipinski definition) is 3. The lowest BCUT2D eigenvalue weighted by molar-refractivity contribution is -0.135. The van der Waals surface area contributed by atoms with Gasteiger partial charge in [0.15, 0.2) is 0 Å². The number of phenols is 1. The Balaban J connectivity index is 2.01. The Morgan fingerprint density at radius 2 is 2.05 bits per heavy atom. The van der Waals surface area contributed by atoms with Crippen LogP contribution < -0.4 is 10.2 Å². The number of anilines is 1. The van der Waals surface area contributed by atoms with E-state index in [4.69, 9.17) is 9.84 Å². The number of carboxylic acids is 1. The Hall–Kier alpha value is -2.28. The molecule has 3 N–H and O–H groups in total. The monoisotopic (exact) mass is 294 g/mol. The molecule has 1 fully saturated rings. The number of carbonyl (C=O) groups excluding carboxylic acids is 1. The van der Waals surface area contributed by atoms with Gasteiger partial charge in [-0.25, -0.2) is 4.79 Å². The average Bonchev–Trinajstić information content (AvgIpc) is 2.96. The van der Waals surface area contributed by atoms with Crippen molar-refractivity contribution in [2.24, 2.45) is 0 Å². The summed E-state index contributed by atoms with van der Waals surface area (Å²) in [5, 5.41) is 20.9. The largest absolute Gasteiger partial charge is 0.508 e. The summed E-state index contributed by atoms with van der Waals surface area (Å²) in [5.41, 5.74) is 0.403. The Kier molecular flexibility index (Phi) is 4.99. The lowest BCUT2D eigenvalue weighted by Gasteiger charge is -2.22. The van der Waals surface area contributed by atoms with E-state index in [9.17, 15) is 14.7 Å². The molecule has 0 aromatic heterocycles. The highest BCUT2D eigenvalue weighted by Crippen LogP contribution is 2.18. The molecule has 0 saturated carbocycles. The Morgan fingerprint density at radius 1 is 1.33 bits per heavy atom. The van der Waals surface area contributed by atoms with Crippen LogP contribution in [0.2, 0.25) is 0 Å². The van der Waals surface area contributed by atoms with Gasteiger partial charge in [-0.3, -0.25) is 9.69 Å². The molecule has 114 valence electrons. The number of aliphatic carboxylic acids is 1. The van der Waals surface area contributed by atoms with Crippen molar-refractivity contribution >= 4 is 17.7 Å². The number of amides is 2. The average molecular weight is 294 g/mol. The first-order valence-electron chi connectivity index (χ1n) is 6.74. The number of nitrogens with zero attached hydrogens (tertiary/aromatic N) is 1. The van der Waals surface area contributed by atoms with Gasteiger partial charge in [0.1, 0.15) is 12.3 Å². The van der Waals surface area contributed by atoms with Gasteiger partial charge in [-0.05, 0) is 37.1 Å². The molecular formula is C14H18N2O5. The Bertz CT molecular complexity index is 497. The van der Waals surface area contributed by atoms with Crippen molar-refractivity contribution in [3.8, 4) is 5.75 Å². The molecule has 0 spiro atoms. The molecule has 1 aliphatic heterocycles. The molecule has 0 bridgehead atoms. The van der Waals surface area contributed by atoms with Crippen LogP contribution in [0.1, 0.15) is 12.8 Å². The first-order valence-corrected chi connectivity index (χ1v) is 6.74. The Morgan fingerprint density at radius 3 is 2.62 bits per heavy atom. The van der Waals surface area contributed by atoms with Gasteiger partial charge in [0.2, 0.25) is 0 Å². The van der Waals surface area contributed by atoms with Crippen molar-refractivity contribution in [1.82, 2.24) is 5.32 Å². The van der Waals surface area contributed by atoms with Crippen molar-refractivity contribution in [2.75, 3.05) is 24.6 Å². The number of phenolic OH excluding ortho intramolecular Hbond substituents is 1. The summed E-state index contributed by atoms with van der Waals surface area (Å²) in [6, 6.07) is 5.28. The molecule has 1 aromatic rings. The first-order chi connectivity index (χ1) is 10.1. The summed E-state index contributed by atoms with van der Waals surface area (Å²) in [7, 11) is 0. The molecule has 1 aliphatic rings. The highest BCUT2D eigenvalue weighted by molar-refractivity contribution is 5.96. The molecular weight excluding hydrogens is 276 g/mol. The molecule has 7 heteroatoms. The minimum absolute atomic E-state index is 0.0135. The van der Waals surface area contributed by atoms with Crippen LogP contribution >= 0.6 is 0 Å². The maximum absolute atomic E-state index is 12.2. The van der Waals surface area contributed by atoms with E-state index < -0.39 is 18.5 Å². The number of carbonyl (C=O) groups is 2. The molecule has 0 aliphatic carbocycles. The normalized spacial score (nSPS) is 17.4. The SMILES string of the molecule is O=C(O)CN(C(=O)NCC1CCCO1)c1ccc(O)cc1. The second kappa shape index (κ2) is 6.94. The minimum Gasteiger partial charge on any atom is -0.508 e. The zero-order chi connectivity index (χ0) is 15.2. The van der Waals surface area contributed by atoms with Crippen LogP contribution in [0, 0.1) is 0 Å². The quantitative estimate of drug-likeness (QED) is 0.757. The number of aromatic hydroxyl groups is 1. The first kappa shape index (κ1) is 15.1. The third-order valence-electron chi connectivity index (χ3n) is 3.20.